The van der Waals surface area contributed by atoms with Crippen molar-refractivity contribution in [2.24, 2.45) is 5.41 Å². The first-order chi connectivity index (χ1) is 8.88. The van der Waals surface area contributed by atoms with Crippen LogP contribution in [0.15, 0.2) is 18.5 Å². The Morgan fingerprint density at radius 3 is 2.68 bits per heavy atom. The van der Waals surface area contributed by atoms with Gasteiger partial charge in [-0.3, -0.25) is 14.3 Å². The van der Waals surface area contributed by atoms with Gasteiger partial charge >= 0.3 is 0 Å². The van der Waals surface area contributed by atoms with Gasteiger partial charge in [0.1, 0.15) is 6.04 Å². The maximum absolute atomic E-state index is 12.4. The Hall–Kier alpha value is -1.85. The summed E-state index contributed by atoms with van der Waals surface area (Å²) < 4.78 is 1.76. The second kappa shape index (κ2) is 5.03. The van der Waals surface area contributed by atoms with Gasteiger partial charge in [-0.25, -0.2) is 0 Å². The van der Waals surface area contributed by atoms with Crippen LogP contribution in [-0.2, 0) is 16.1 Å². The van der Waals surface area contributed by atoms with Crippen molar-refractivity contribution < 1.29 is 9.59 Å². The van der Waals surface area contributed by atoms with E-state index in [1.54, 1.807) is 15.8 Å². The molecular formula is C13H20N4O2. The first-order valence-corrected chi connectivity index (χ1v) is 6.43. The van der Waals surface area contributed by atoms with E-state index in [1.165, 1.54) is 0 Å². The van der Waals surface area contributed by atoms with Crippen molar-refractivity contribution in [3.8, 4) is 0 Å². The Balaban J connectivity index is 2.03. The van der Waals surface area contributed by atoms with Gasteiger partial charge in [0.25, 0.3) is 0 Å². The highest BCUT2D eigenvalue weighted by Crippen LogP contribution is 2.23. The highest BCUT2D eigenvalue weighted by molar-refractivity contribution is 5.95. The highest BCUT2D eigenvalue weighted by atomic mass is 16.2. The number of hydrogen-bond donors (Lipinski definition) is 1. The Labute approximate surface area is 112 Å². The van der Waals surface area contributed by atoms with Crippen LogP contribution in [0.2, 0.25) is 0 Å². The molecule has 19 heavy (non-hydrogen) atoms. The Bertz CT molecular complexity index is 461. The molecule has 1 fully saturated rings. The van der Waals surface area contributed by atoms with Gasteiger partial charge in [0, 0.05) is 18.9 Å². The molecule has 6 heteroatoms. The van der Waals surface area contributed by atoms with Gasteiger partial charge < -0.3 is 10.2 Å². The number of piperazine rings is 1. The molecule has 1 aliphatic rings. The molecular weight excluding hydrogens is 244 g/mol. The Kier molecular flexibility index (Phi) is 3.59. The molecule has 0 saturated carbocycles. The van der Waals surface area contributed by atoms with Crippen molar-refractivity contribution >= 4 is 11.8 Å². The van der Waals surface area contributed by atoms with Gasteiger partial charge in [-0.1, -0.05) is 20.8 Å². The van der Waals surface area contributed by atoms with Crippen molar-refractivity contribution in [3.63, 3.8) is 0 Å². The van der Waals surface area contributed by atoms with Crippen LogP contribution in [0.5, 0.6) is 0 Å². The number of nitrogens with zero attached hydrogens (tertiary/aromatic N) is 3. The number of rotatable bonds is 3. The predicted molar refractivity (Wildman–Crippen MR) is 70.2 cm³/mol. The first kappa shape index (κ1) is 13.6. The van der Waals surface area contributed by atoms with E-state index in [2.05, 4.69) is 10.4 Å². The fourth-order valence-corrected chi connectivity index (χ4v) is 2.13. The lowest BCUT2D eigenvalue weighted by Gasteiger charge is -2.38. The molecule has 2 rings (SSSR count). The molecule has 0 spiro atoms. The predicted octanol–water partition coefficient (Wildman–Crippen LogP) is 0.256. The van der Waals surface area contributed by atoms with E-state index < -0.39 is 6.04 Å². The van der Waals surface area contributed by atoms with Crippen molar-refractivity contribution in [2.75, 3.05) is 13.1 Å². The molecule has 1 unspecified atom stereocenters. The van der Waals surface area contributed by atoms with E-state index in [-0.39, 0.29) is 23.8 Å². The zero-order valence-electron chi connectivity index (χ0n) is 11.6. The van der Waals surface area contributed by atoms with E-state index in [4.69, 9.17) is 0 Å². The summed E-state index contributed by atoms with van der Waals surface area (Å²) >= 11 is 0. The lowest BCUT2D eigenvalue weighted by atomic mass is 9.85. The van der Waals surface area contributed by atoms with Crippen LogP contribution in [-0.4, -0.2) is 45.6 Å². The van der Waals surface area contributed by atoms with Crippen LogP contribution in [0.1, 0.15) is 20.8 Å². The van der Waals surface area contributed by atoms with E-state index in [9.17, 15) is 9.59 Å². The summed E-state index contributed by atoms with van der Waals surface area (Å²) in [4.78, 5) is 25.7. The average molecular weight is 264 g/mol. The molecule has 0 aromatic carbocycles. The minimum atomic E-state index is -0.452. The molecule has 1 N–H and O–H groups in total. The second-order valence-corrected chi connectivity index (χ2v) is 5.90. The Morgan fingerprint density at radius 2 is 2.11 bits per heavy atom. The third-order valence-corrected chi connectivity index (χ3v) is 3.22. The molecule has 1 aromatic rings. The molecule has 0 bridgehead atoms. The fraction of sp³-hybridized carbons (Fsp3) is 0.615. The zero-order chi connectivity index (χ0) is 14.0. The number of amides is 2. The molecule has 1 aromatic heterocycles. The molecule has 0 aliphatic carbocycles. The summed E-state index contributed by atoms with van der Waals surface area (Å²) in [6.45, 7) is 7.09. The van der Waals surface area contributed by atoms with Crippen molar-refractivity contribution in [1.82, 2.24) is 20.0 Å². The summed E-state index contributed by atoms with van der Waals surface area (Å²) in [5, 5.41) is 6.87. The topological polar surface area (TPSA) is 67.2 Å². The largest absolute Gasteiger partial charge is 0.342 e. The van der Waals surface area contributed by atoms with Gasteiger partial charge in [0.2, 0.25) is 11.8 Å². The monoisotopic (exact) mass is 264 g/mol. The fourth-order valence-electron chi connectivity index (χ4n) is 2.13. The zero-order valence-corrected chi connectivity index (χ0v) is 11.6. The molecule has 0 radical (unpaired) electrons. The molecule has 6 nitrogen and oxygen atoms in total. The molecule has 104 valence electrons. The molecule has 1 aliphatic heterocycles. The van der Waals surface area contributed by atoms with Crippen LogP contribution < -0.4 is 5.32 Å². The number of carbonyl (C=O) groups excluding carboxylic acids is 2. The second-order valence-electron chi connectivity index (χ2n) is 5.90. The number of carbonyl (C=O) groups is 2. The normalized spacial score (nSPS) is 20.6. The van der Waals surface area contributed by atoms with Gasteiger partial charge in [-0.05, 0) is 11.5 Å². The van der Waals surface area contributed by atoms with Crippen LogP contribution in [0.3, 0.4) is 0 Å². The van der Waals surface area contributed by atoms with Crippen molar-refractivity contribution in [1.29, 1.82) is 0 Å². The summed E-state index contributed by atoms with van der Waals surface area (Å²) in [5.74, 6) is -0.112. The van der Waals surface area contributed by atoms with Crippen LogP contribution in [0.25, 0.3) is 0 Å². The van der Waals surface area contributed by atoms with E-state index in [0.717, 1.165) is 0 Å². The lowest BCUT2D eigenvalue weighted by molar-refractivity contribution is -0.147. The standard InChI is InChI=1S/C13H20N4O2/c1-13(2,3)11-12(19)16(9-10(18)15-11)7-8-17-6-4-5-14-17/h4-6,11H,7-9H2,1-3H3,(H,15,18). The minimum absolute atomic E-state index is 0.0146. The van der Waals surface area contributed by atoms with E-state index in [1.807, 2.05) is 33.0 Å². The molecule has 1 saturated heterocycles. The van der Waals surface area contributed by atoms with Gasteiger partial charge in [0.05, 0.1) is 13.1 Å². The van der Waals surface area contributed by atoms with Gasteiger partial charge in [0.15, 0.2) is 0 Å². The maximum Gasteiger partial charge on any atom is 0.246 e. The lowest BCUT2D eigenvalue weighted by Crippen LogP contribution is -2.62. The summed E-state index contributed by atoms with van der Waals surface area (Å²) in [6.07, 6.45) is 3.54. The molecule has 1 atom stereocenters. The molecule has 2 amide bonds. The summed E-state index contributed by atoms with van der Waals surface area (Å²) in [7, 11) is 0. The summed E-state index contributed by atoms with van der Waals surface area (Å²) in [5.41, 5.74) is -0.281. The first-order valence-electron chi connectivity index (χ1n) is 6.43. The highest BCUT2D eigenvalue weighted by Gasteiger charge is 2.39. The summed E-state index contributed by atoms with van der Waals surface area (Å²) in [6, 6.07) is 1.38. The average Bonchev–Trinajstić information content (AvgIpc) is 2.81. The maximum atomic E-state index is 12.4. The number of nitrogens with one attached hydrogen (secondary N) is 1. The van der Waals surface area contributed by atoms with E-state index in [0.29, 0.717) is 13.1 Å². The number of aromatic nitrogens is 2. The SMILES string of the molecule is CC(C)(C)C1NC(=O)CN(CCn2cccn2)C1=O. The van der Waals surface area contributed by atoms with Gasteiger partial charge in [-0.2, -0.15) is 5.10 Å². The van der Waals surface area contributed by atoms with Crippen LogP contribution in [0, 0.1) is 5.41 Å². The third kappa shape index (κ3) is 3.13. The van der Waals surface area contributed by atoms with E-state index >= 15 is 0 Å². The van der Waals surface area contributed by atoms with Crippen molar-refractivity contribution in [3.05, 3.63) is 18.5 Å². The minimum Gasteiger partial charge on any atom is -0.342 e. The van der Waals surface area contributed by atoms with Crippen molar-refractivity contribution in [2.45, 2.75) is 33.4 Å². The quantitative estimate of drug-likeness (QED) is 0.851. The van der Waals surface area contributed by atoms with Gasteiger partial charge in [-0.15, -0.1) is 0 Å². The van der Waals surface area contributed by atoms with Crippen LogP contribution in [0.4, 0.5) is 0 Å². The number of hydrogen-bond acceptors (Lipinski definition) is 3. The third-order valence-electron chi connectivity index (χ3n) is 3.22. The molecule has 2 heterocycles. The smallest absolute Gasteiger partial charge is 0.246 e. The van der Waals surface area contributed by atoms with Crippen LogP contribution >= 0.6 is 0 Å². The Morgan fingerprint density at radius 1 is 1.37 bits per heavy atom.